The molecule has 5 aliphatic heterocycles. The molecule has 4 saturated heterocycles. The van der Waals surface area contributed by atoms with E-state index in [0.29, 0.717) is 5.69 Å². The van der Waals surface area contributed by atoms with Crippen LogP contribution in [0.25, 0.3) is 10.9 Å². The average molecular weight is 575 g/mol. The second kappa shape index (κ2) is 7.61. The molecule has 0 radical (unpaired) electrons. The Morgan fingerprint density at radius 2 is 1.64 bits per heavy atom. The maximum atomic E-state index is 14.5. The van der Waals surface area contributed by atoms with E-state index in [0.717, 1.165) is 22.0 Å². The number of sulfonamides is 1. The number of aromatic amines is 1. The minimum absolute atomic E-state index is 0.135. The number of anilines is 1. The number of H-pyrrole nitrogens is 1. The second-order valence-electron chi connectivity index (χ2n) is 10.3. The molecule has 1 aromatic heterocycles. The Balaban J connectivity index is 1.49. The van der Waals surface area contributed by atoms with Crippen LogP contribution in [0, 0.1) is 0 Å². The van der Waals surface area contributed by atoms with Gasteiger partial charge >= 0.3 is 0 Å². The number of aromatic nitrogens is 1. The molecule has 39 heavy (non-hydrogen) atoms. The van der Waals surface area contributed by atoms with E-state index in [-0.39, 0.29) is 23.1 Å². The Morgan fingerprint density at radius 3 is 2.46 bits per heavy atom. The van der Waals surface area contributed by atoms with Crippen molar-refractivity contribution >= 4 is 60.0 Å². The summed E-state index contributed by atoms with van der Waals surface area (Å²) in [6.45, 7) is 0. The number of hydrogen-bond acceptors (Lipinski definition) is 6. The third-order valence-electron chi connectivity index (χ3n) is 8.54. The van der Waals surface area contributed by atoms with Crippen LogP contribution in [0.3, 0.4) is 0 Å². The van der Waals surface area contributed by atoms with Gasteiger partial charge in [0, 0.05) is 30.6 Å². The highest BCUT2D eigenvalue weighted by Gasteiger charge is 2.77. The topological polar surface area (TPSA) is 93.8 Å². The standard InChI is InChI=1S/C28H22N4O4S3/c1-30-24-23(33)31-25-27(16-28(31,26(30)34)38-37-24,20-15-29-21-13-7-5-11-18(20)21)19-12-6-8-14-22(19)32(25)39(35,36)17-9-3-2-4-10-17/h2-15,24-25,29H,16H2,1H3/t24-,25-,27+,28-/m0/s1. The van der Waals surface area contributed by atoms with E-state index in [1.165, 1.54) is 30.8 Å². The molecule has 0 unspecified atom stereocenters. The first-order valence-electron chi connectivity index (χ1n) is 12.5. The quantitative estimate of drug-likeness (QED) is 0.370. The van der Waals surface area contributed by atoms with Crippen molar-refractivity contribution in [3.63, 3.8) is 0 Å². The molecule has 11 heteroatoms. The summed E-state index contributed by atoms with van der Waals surface area (Å²) in [5.74, 6) is -0.410. The van der Waals surface area contributed by atoms with E-state index in [2.05, 4.69) is 4.98 Å². The van der Waals surface area contributed by atoms with Crippen LogP contribution in [0.1, 0.15) is 17.5 Å². The smallest absolute Gasteiger partial charge is 0.266 e. The normalized spacial score (nSPS) is 29.2. The lowest BCUT2D eigenvalue weighted by Crippen LogP contribution is -2.72. The molecule has 5 aliphatic rings. The second-order valence-corrected chi connectivity index (χ2v) is 14.7. The molecule has 0 aliphatic carbocycles. The Morgan fingerprint density at radius 1 is 0.923 bits per heavy atom. The summed E-state index contributed by atoms with van der Waals surface area (Å²) in [5.41, 5.74) is 2.12. The Kier molecular flexibility index (Phi) is 4.58. The van der Waals surface area contributed by atoms with Gasteiger partial charge in [-0.05, 0) is 35.4 Å². The van der Waals surface area contributed by atoms with Crippen molar-refractivity contribution in [1.82, 2.24) is 14.8 Å². The first-order chi connectivity index (χ1) is 18.8. The summed E-state index contributed by atoms with van der Waals surface area (Å²) < 4.78 is 30.4. The highest BCUT2D eigenvalue weighted by atomic mass is 33.1. The molecule has 1 N–H and O–H groups in total. The van der Waals surface area contributed by atoms with Crippen LogP contribution in [-0.2, 0) is 25.0 Å². The summed E-state index contributed by atoms with van der Waals surface area (Å²) in [6, 6.07) is 23.6. The number of hydrogen-bond donors (Lipinski definition) is 1. The van der Waals surface area contributed by atoms with Gasteiger partial charge in [-0.3, -0.25) is 14.5 Å². The van der Waals surface area contributed by atoms with E-state index >= 15 is 0 Å². The summed E-state index contributed by atoms with van der Waals surface area (Å²) in [7, 11) is 0.303. The number of rotatable bonds is 3. The molecule has 2 bridgehead atoms. The van der Waals surface area contributed by atoms with Crippen molar-refractivity contribution in [3.05, 3.63) is 96.2 Å². The van der Waals surface area contributed by atoms with E-state index in [1.54, 1.807) is 48.3 Å². The molecule has 0 saturated carbocycles. The number of likely N-dealkylation sites (N-methyl/N-ethyl adjacent to an activating group) is 1. The van der Waals surface area contributed by atoms with Crippen molar-refractivity contribution in [3.8, 4) is 0 Å². The highest BCUT2D eigenvalue weighted by Crippen LogP contribution is 2.69. The zero-order chi connectivity index (χ0) is 26.7. The van der Waals surface area contributed by atoms with E-state index in [4.69, 9.17) is 0 Å². The van der Waals surface area contributed by atoms with Crippen LogP contribution < -0.4 is 4.31 Å². The maximum absolute atomic E-state index is 14.5. The Hall–Kier alpha value is -3.41. The van der Waals surface area contributed by atoms with Crippen molar-refractivity contribution in [1.29, 1.82) is 0 Å². The number of para-hydroxylation sites is 2. The van der Waals surface area contributed by atoms with Crippen molar-refractivity contribution in [2.75, 3.05) is 11.4 Å². The molecule has 6 heterocycles. The minimum atomic E-state index is -4.13. The molecule has 3 aromatic carbocycles. The van der Waals surface area contributed by atoms with Crippen LogP contribution in [0.5, 0.6) is 0 Å². The molecule has 4 fully saturated rings. The van der Waals surface area contributed by atoms with Crippen molar-refractivity contribution < 1.29 is 18.0 Å². The lowest BCUT2D eigenvalue weighted by Gasteiger charge is -2.53. The summed E-state index contributed by atoms with van der Waals surface area (Å²) >= 11 is 0. The predicted octanol–water partition coefficient (Wildman–Crippen LogP) is 4.11. The average Bonchev–Trinajstić information content (AvgIpc) is 3.60. The van der Waals surface area contributed by atoms with Gasteiger partial charge in [0.1, 0.15) is 6.17 Å². The molecule has 2 amide bonds. The first-order valence-corrected chi connectivity index (χ1v) is 16.2. The minimum Gasteiger partial charge on any atom is -0.361 e. The fourth-order valence-corrected chi connectivity index (χ4v) is 12.1. The number of carbonyl (C=O) groups is 2. The van der Waals surface area contributed by atoms with Gasteiger partial charge in [0.2, 0.25) is 0 Å². The fourth-order valence-electron chi connectivity index (χ4n) is 6.95. The lowest BCUT2D eigenvalue weighted by molar-refractivity contribution is -0.158. The summed E-state index contributed by atoms with van der Waals surface area (Å²) in [4.78, 5) is 33.5. The van der Waals surface area contributed by atoms with Crippen LogP contribution >= 0.6 is 21.6 Å². The van der Waals surface area contributed by atoms with E-state index in [1.807, 2.05) is 48.7 Å². The van der Waals surface area contributed by atoms with Gasteiger partial charge in [0.25, 0.3) is 21.8 Å². The van der Waals surface area contributed by atoms with Crippen LogP contribution in [0.15, 0.2) is 90.0 Å². The number of nitrogens with one attached hydrogen (secondary N) is 1. The van der Waals surface area contributed by atoms with E-state index in [9.17, 15) is 18.0 Å². The van der Waals surface area contributed by atoms with Gasteiger partial charge in [-0.1, -0.05) is 76.2 Å². The van der Waals surface area contributed by atoms with Crippen molar-refractivity contribution in [2.45, 2.75) is 33.1 Å². The molecule has 8 nitrogen and oxygen atoms in total. The molecule has 4 aromatic rings. The zero-order valence-corrected chi connectivity index (χ0v) is 23.1. The summed E-state index contributed by atoms with van der Waals surface area (Å²) in [6.07, 6.45) is 1.22. The zero-order valence-electron chi connectivity index (χ0n) is 20.6. The fraction of sp³-hybridized carbons (Fsp3) is 0.214. The number of amides is 2. The molecule has 9 rings (SSSR count). The first kappa shape index (κ1) is 23.5. The van der Waals surface area contributed by atoms with Crippen LogP contribution in [-0.4, -0.2) is 58.5 Å². The largest absolute Gasteiger partial charge is 0.361 e. The van der Waals surface area contributed by atoms with Gasteiger partial charge in [0.15, 0.2) is 10.2 Å². The van der Waals surface area contributed by atoms with Gasteiger partial charge in [-0.2, -0.15) is 0 Å². The molecular weight excluding hydrogens is 553 g/mol. The third-order valence-corrected chi connectivity index (χ3v) is 13.6. The monoisotopic (exact) mass is 574 g/mol. The number of carbonyl (C=O) groups excluding carboxylic acids is 2. The Bertz CT molecular complexity index is 1830. The SMILES string of the molecule is CN1C(=O)[C@@]23C[C@]4(c5c[nH]c6ccccc56)c5ccccc5N(S(=O)(=O)c5ccccc5)[C@@H]4N2C(=O)[C@@H]1SS3. The third kappa shape index (κ3) is 2.66. The molecule has 4 atom stereocenters. The maximum Gasteiger partial charge on any atom is 0.266 e. The lowest BCUT2D eigenvalue weighted by atomic mass is 9.72. The number of piperazine rings is 1. The molecule has 196 valence electrons. The Labute approximate surface area is 232 Å². The van der Waals surface area contributed by atoms with Crippen LogP contribution in [0.2, 0.25) is 0 Å². The van der Waals surface area contributed by atoms with Gasteiger partial charge in [-0.25, -0.2) is 12.7 Å². The predicted molar refractivity (Wildman–Crippen MR) is 151 cm³/mol. The van der Waals surface area contributed by atoms with Gasteiger partial charge < -0.3 is 9.88 Å². The van der Waals surface area contributed by atoms with E-state index < -0.39 is 31.8 Å². The number of nitrogens with zero attached hydrogens (tertiary/aromatic N) is 3. The highest BCUT2D eigenvalue weighted by molar-refractivity contribution is 8.78. The number of fused-ring (bicyclic) bond motifs is 6. The van der Waals surface area contributed by atoms with Gasteiger partial charge in [0.05, 0.1) is 16.0 Å². The van der Waals surface area contributed by atoms with Gasteiger partial charge in [-0.15, -0.1) is 0 Å². The van der Waals surface area contributed by atoms with Crippen molar-refractivity contribution in [2.24, 2.45) is 0 Å². The summed E-state index contributed by atoms with van der Waals surface area (Å²) in [5, 5.41) is 0.223. The molecular formula is C28H22N4O4S3. The van der Waals surface area contributed by atoms with Crippen LogP contribution in [0.4, 0.5) is 5.69 Å². The molecule has 1 spiro atoms. The number of benzene rings is 3.